The van der Waals surface area contributed by atoms with E-state index in [1.54, 1.807) is 0 Å². The van der Waals surface area contributed by atoms with Crippen molar-refractivity contribution in [3.8, 4) is 0 Å². The maximum Gasteiger partial charge on any atom is 0.330 e. The number of benzene rings is 2. The van der Waals surface area contributed by atoms with Gasteiger partial charge in [-0.25, -0.2) is 4.79 Å². The van der Waals surface area contributed by atoms with Crippen molar-refractivity contribution < 1.29 is 19.7 Å². The molecule has 9 nitrogen and oxygen atoms in total. The Morgan fingerprint density at radius 3 is 2.73 bits per heavy atom. The zero-order valence-corrected chi connectivity index (χ0v) is 15.9. The van der Waals surface area contributed by atoms with Crippen molar-refractivity contribution in [1.82, 2.24) is 14.9 Å². The fraction of sp³-hybridized carbons (Fsp3) is 0.286. The fourth-order valence-electron chi connectivity index (χ4n) is 3.63. The lowest BCUT2D eigenvalue weighted by Crippen LogP contribution is -2.38. The molecule has 3 atom stereocenters. The third-order valence-corrected chi connectivity index (χ3v) is 5.23. The van der Waals surface area contributed by atoms with Gasteiger partial charge in [0.15, 0.2) is 0 Å². The molecule has 1 fully saturated rings. The summed E-state index contributed by atoms with van der Waals surface area (Å²) in [5.41, 5.74) is -0.940. The van der Waals surface area contributed by atoms with Crippen LogP contribution in [0, 0.1) is 0 Å². The molecule has 0 bridgehead atoms. The topological polar surface area (TPSA) is 134 Å². The number of carbonyl (C=O) groups is 1. The van der Waals surface area contributed by atoms with Gasteiger partial charge in [-0.3, -0.25) is 19.1 Å². The molecule has 1 aliphatic rings. The van der Waals surface area contributed by atoms with Crippen molar-refractivity contribution in [2.24, 2.45) is 0 Å². The molecule has 0 aliphatic carbocycles. The molecule has 1 amide bonds. The summed E-state index contributed by atoms with van der Waals surface area (Å²) in [6.45, 7) is -0.210. The second-order valence-electron chi connectivity index (χ2n) is 7.15. The highest BCUT2D eigenvalue weighted by Crippen LogP contribution is 2.27. The van der Waals surface area contributed by atoms with Crippen molar-refractivity contribution >= 4 is 16.7 Å². The molecular formula is C21H21N3O6. The minimum absolute atomic E-state index is 0.0498. The smallest absolute Gasteiger partial charge is 0.330 e. The van der Waals surface area contributed by atoms with E-state index in [0.717, 1.165) is 27.1 Å². The molecule has 2 aromatic carbocycles. The molecule has 2 heterocycles. The number of aliphatic hydroxyl groups is 2. The van der Waals surface area contributed by atoms with Gasteiger partial charge in [0.2, 0.25) is 0 Å². The van der Waals surface area contributed by atoms with E-state index in [0.29, 0.717) is 0 Å². The highest BCUT2D eigenvalue weighted by Gasteiger charge is 2.35. The first-order valence-electron chi connectivity index (χ1n) is 9.52. The number of hydrogen-bond donors (Lipinski definition) is 4. The van der Waals surface area contributed by atoms with Gasteiger partial charge in [-0.1, -0.05) is 42.5 Å². The monoisotopic (exact) mass is 411 g/mol. The van der Waals surface area contributed by atoms with Crippen LogP contribution in [0.2, 0.25) is 0 Å². The van der Waals surface area contributed by atoms with Crippen LogP contribution in [0.15, 0.2) is 58.3 Å². The number of ether oxygens (including phenoxy) is 1. The predicted molar refractivity (Wildman–Crippen MR) is 108 cm³/mol. The Morgan fingerprint density at radius 2 is 1.97 bits per heavy atom. The van der Waals surface area contributed by atoms with Gasteiger partial charge in [0.1, 0.15) is 17.9 Å². The number of aliphatic hydroxyl groups excluding tert-OH is 2. The molecule has 156 valence electrons. The van der Waals surface area contributed by atoms with Crippen molar-refractivity contribution in [2.75, 3.05) is 6.61 Å². The number of rotatable bonds is 5. The summed E-state index contributed by atoms with van der Waals surface area (Å²) in [5, 5.41) is 23.8. The zero-order valence-electron chi connectivity index (χ0n) is 15.9. The van der Waals surface area contributed by atoms with E-state index in [2.05, 4.69) is 10.3 Å². The molecule has 30 heavy (non-hydrogen) atoms. The Labute approximate surface area is 170 Å². The minimum atomic E-state index is -0.956. The van der Waals surface area contributed by atoms with Crippen LogP contribution in [0.3, 0.4) is 0 Å². The molecule has 0 spiro atoms. The minimum Gasteiger partial charge on any atom is -0.394 e. The average Bonchev–Trinajstić information content (AvgIpc) is 3.12. The average molecular weight is 411 g/mol. The van der Waals surface area contributed by atoms with Gasteiger partial charge in [-0.15, -0.1) is 0 Å². The van der Waals surface area contributed by atoms with Crippen LogP contribution in [0.1, 0.15) is 28.6 Å². The summed E-state index contributed by atoms with van der Waals surface area (Å²) < 4.78 is 6.50. The van der Waals surface area contributed by atoms with E-state index in [-0.39, 0.29) is 18.5 Å². The molecule has 1 aliphatic heterocycles. The lowest BCUT2D eigenvalue weighted by Gasteiger charge is -2.15. The Balaban J connectivity index is 1.57. The highest BCUT2D eigenvalue weighted by molar-refractivity contribution is 5.94. The maximum atomic E-state index is 12.7. The Bertz CT molecular complexity index is 1200. The number of aromatic nitrogens is 2. The van der Waals surface area contributed by atoms with Crippen LogP contribution < -0.4 is 16.6 Å². The van der Waals surface area contributed by atoms with E-state index in [1.807, 2.05) is 42.5 Å². The molecule has 3 unspecified atom stereocenters. The zero-order chi connectivity index (χ0) is 21.3. The SMILES string of the molecule is O=C(NCc1cccc2ccccc12)c1cn(C2CC(O)C(CO)O2)c(=O)[nH]c1=O. The first kappa shape index (κ1) is 20.0. The second-order valence-corrected chi connectivity index (χ2v) is 7.15. The third kappa shape index (κ3) is 3.78. The first-order valence-corrected chi connectivity index (χ1v) is 9.52. The molecule has 3 aromatic rings. The number of nitrogens with one attached hydrogen (secondary N) is 2. The van der Waals surface area contributed by atoms with Gasteiger partial charge >= 0.3 is 5.69 Å². The highest BCUT2D eigenvalue weighted by atomic mass is 16.5. The van der Waals surface area contributed by atoms with Gasteiger partial charge in [0.05, 0.1) is 12.7 Å². The summed E-state index contributed by atoms with van der Waals surface area (Å²) in [6.07, 6.45) is -1.52. The number of aromatic amines is 1. The van der Waals surface area contributed by atoms with Crippen LogP contribution in [-0.2, 0) is 11.3 Å². The van der Waals surface area contributed by atoms with Crippen LogP contribution in [0.5, 0.6) is 0 Å². The Morgan fingerprint density at radius 1 is 1.20 bits per heavy atom. The fourth-order valence-corrected chi connectivity index (χ4v) is 3.63. The number of fused-ring (bicyclic) bond motifs is 1. The normalized spacial score (nSPS) is 21.1. The van der Waals surface area contributed by atoms with Gasteiger partial charge in [-0.2, -0.15) is 0 Å². The second kappa shape index (κ2) is 8.23. The van der Waals surface area contributed by atoms with Crippen molar-refractivity contribution in [2.45, 2.75) is 31.4 Å². The third-order valence-electron chi connectivity index (χ3n) is 5.23. The molecule has 4 N–H and O–H groups in total. The number of H-pyrrole nitrogens is 1. The quantitative estimate of drug-likeness (QED) is 0.476. The molecule has 0 radical (unpaired) electrons. The number of hydrogen-bond acceptors (Lipinski definition) is 6. The van der Waals surface area contributed by atoms with Gasteiger partial charge in [-0.05, 0) is 16.3 Å². The van der Waals surface area contributed by atoms with Gasteiger partial charge in [0.25, 0.3) is 11.5 Å². The standard InChI is InChI=1S/C21H21N3O6/c25-11-17-16(26)8-18(30-17)24-10-15(20(28)23-21(24)29)19(27)22-9-13-6-3-5-12-4-1-2-7-14(12)13/h1-7,10,16-18,25-26H,8-9,11H2,(H,22,27)(H,23,28,29). The van der Waals surface area contributed by atoms with Crippen LogP contribution in [0.25, 0.3) is 10.8 Å². The van der Waals surface area contributed by atoms with Crippen molar-refractivity contribution in [1.29, 1.82) is 0 Å². The van der Waals surface area contributed by atoms with E-state index < -0.39 is 42.2 Å². The van der Waals surface area contributed by atoms with E-state index in [1.165, 1.54) is 0 Å². The summed E-state index contributed by atoms with van der Waals surface area (Å²) in [7, 11) is 0. The summed E-state index contributed by atoms with van der Waals surface area (Å²) >= 11 is 0. The predicted octanol–water partition coefficient (Wildman–Crippen LogP) is 0.260. The van der Waals surface area contributed by atoms with E-state index in [9.17, 15) is 24.6 Å². The van der Waals surface area contributed by atoms with Gasteiger partial charge in [0, 0.05) is 19.2 Å². The van der Waals surface area contributed by atoms with Crippen LogP contribution >= 0.6 is 0 Å². The van der Waals surface area contributed by atoms with Crippen molar-refractivity contribution in [3.63, 3.8) is 0 Å². The lowest BCUT2D eigenvalue weighted by molar-refractivity contribution is -0.0459. The summed E-state index contributed by atoms with van der Waals surface area (Å²) in [5.74, 6) is -0.643. The first-order chi connectivity index (χ1) is 14.5. The van der Waals surface area contributed by atoms with Crippen LogP contribution in [-0.4, -0.2) is 44.5 Å². The summed E-state index contributed by atoms with van der Waals surface area (Å²) in [4.78, 5) is 39.1. The van der Waals surface area contributed by atoms with Gasteiger partial charge < -0.3 is 20.3 Å². The molecule has 9 heteroatoms. The number of amides is 1. The lowest BCUT2D eigenvalue weighted by atomic mass is 10.0. The van der Waals surface area contributed by atoms with E-state index in [4.69, 9.17) is 4.74 Å². The number of nitrogens with zero attached hydrogens (tertiary/aromatic N) is 1. The molecule has 1 aromatic heterocycles. The van der Waals surface area contributed by atoms with Crippen molar-refractivity contribution in [3.05, 3.63) is 80.6 Å². The van der Waals surface area contributed by atoms with E-state index >= 15 is 0 Å². The Hall–Kier alpha value is -3.27. The number of carbonyl (C=O) groups excluding carboxylic acids is 1. The van der Waals surface area contributed by atoms with Crippen LogP contribution in [0.4, 0.5) is 0 Å². The maximum absolute atomic E-state index is 12.7. The molecule has 4 rings (SSSR count). The summed E-state index contributed by atoms with van der Waals surface area (Å²) in [6, 6.07) is 13.5. The Kier molecular flexibility index (Phi) is 5.49. The molecule has 0 saturated carbocycles. The molecular weight excluding hydrogens is 390 g/mol. The largest absolute Gasteiger partial charge is 0.394 e. The molecule has 1 saturated heterocycles.